The van der Waals surface area contributed by atoms with Crippen molar-refractivity contribution in [2.45, 2.75) is 37.7 Å². The molecule has 0 spiro atoms. The standard InChI is InChI=1S/C22H27N5O2/c1-29-16-3-2-10-27(14-16)22(28)26-11-6-15(7-12-26)17-4-8-23-19-13-25-21-18(20(17)19)5-9-24-21/h4-5,8-9,13,15-16H,2-3,6-7,10-12,14H2,1H3,(H,24,25). The van der Waals surface area contributed by atoms with Crippen molar-refractivity contribution in [3.05, 3.63) is 36.3 Å². The highest BCUT2D eigenvalue weighted by Gasteiger charge is 2.30. The van der Waals surface area contributed by atoms with Gasteiger partial charge in [-0.3, -0.25) is 4.98 Å². The zero-order valence-corrected chi connectivity index (χ0v) is 16.8. The lowest BCUT2D eigenvalue weighted by Crippen LogP contribution is -2.51. The Labute approximate surface area is 170 Å². The SMILES string of the molecule is COC1CCCN(C(=O)N2CCC(c3ccnc4cnc5[nH]ccc5c34)CC2)C1. The quantitative estimate of drug-likeness (QED) is 0.723. The maximum absolute atomic E-state index is 13.0. The number of amides is 2. The molecule has 7 nitrogen and oxygen atoms in total. The largest absolute Gasteiger partial charge is 0.380 e. The third-order valence-electron chi connectivity index (χ3n) is 6.51. The van der Waals surface area contributed by atoms with Gasteiger partial charge in [0.15, 0.2) is 0 Å². The number of carbonyl (C=O) groups is 1. The summed E-state index contributed by atoms with van der Waals surface area (Å²) in [6, 6.07) is 4.39. The predicted molar refractivity (Wildman–Crippen MR) is 112 cm³/mol. The zero-order chi connectivity index (χ0) is 19.8. The van der Waals surface area contributed by atoms with Gasteiger partial charge in [0.1, 0.15) is 5.65 Å². The highest BCUT2D eigenvalue weighted by atomic mass is 16.5. The monoisotopic (exact) mass is 393 g/mol. The van der Waals surface area contributed by atoms with Crippen LogP contribution < -0.4 is 0 Å². The summed E-state index contributed by atoms with van der Waals surface area (Å²) in [5.74, 6) is 0.429. The van der Waals surface area contributed by atoms with Crippen molar-refractivity contribution in [2.75, 3.05) is 33.3 Å². The third-order valence-corrected chi connectivity index (χ3v) is 6.51. The minimum absolute atomic E-state index is 0.169. The molecule has 2 saturated heterocycles. The number of nitrogens with one attached hydrogen (secondary N) is 1. The van der Waals surface area contributed by atoms with E-state index in [2.05, 4.69) is 27.1 Å². The van der Waals surface area contributed by atoms with E-state index in [-0.39, 0.29) is 12.1 Å². The summed E-state index contributed by atoms with van der Waals surface area (Å²) >= 11 is 0. The van der Waals surface area contributed by atoms with Gasteiger partial charge in [0.05, 0.1) is 17.8 Å². The summed E-state index contributed by atoms with van der Waals surface area (Å²) in [6.45, 7) is 3.14. The molecule has 0 bridgehead atoms. The molecule has 3 aromatic rings. The molecule has 2 aliphatic rings. The fraction of sp³-hybridized carbons (Fsp3) is 0.500. The molecule has 1 unspecified atom stereocenters. The van der Waals surface area contributed by atoms with Crippen molar-refractivity contribution >= 4 is 28.0 Å². The summed E-state index contributed by atoms with van der Waals surface area (Å²) < 4.78 is 5.48. The topological polar surface area (TPSA) is 74.3 Å². The second-order valence-corrected chi connectivity index (χ2v) is 8.15. The number of nitrogens with zero attached hydrogens (tertiary/aromatic N) is 4. The lowest BCUT2D eigenvalue weighted by molar-refractivity contribution is 0.0348. The van der Waals surface area contributed by atoms with E-state index < -0.39 is 0 Å². The van der Waals surface area contributed by atoms with Gasteiger partial charge in [-0.2, -0.15) is 0 Å². The molecule has 1 atom stereocenters. The number of fused-ring (bicyclic) bond motifs is 3. The van der Waals surface area contributed by atoms with E-state index in [1.165, 1.54) is 10.9 Å². The molecule has 0 saturated carbocycles. The Kier molecular flexibility index (Phi) is 4.83. The average Bonchev–Trinajstić information content (AvgIpc) is 3.27. The molecule has 0 radical (unpaired) electrons. The predicted octanol–water partition coefficient (Wildman–Crippen LogP) is 3.52. The fourth-order valence-corrected chi connectivity index (χ4v) is 4.91. The van der Waals surface area contributed by atoms with Gasteiger partial charge in [-0.05, 0) is 49.3 Å². The first-order chi connectivity index (χ1) is 14.2. The Bertz CT molecular complexity index is 1020. The lowest BCUT2D eigenvalue weighted by atomic mass is 9.87. The molecule has 2 aliphatic heterocycles. The molecular weight excluding hydrogens is 366 g/mol. The number of H-pyrrole nitrogens is 1. The summed E-state index contributed by atoms with van der Waals surface area (Å²) in [7, 11) is 1.74. The average molecular weight is 393 g/mol. The van der Waals surface area contributed by atoms with Crippen LogP contribution in [0.5, 0.6) is 0 Å². The van der Waals surface area contributed by atoms with Crippen molar-refractivity contribution in [3.8, 4) is 0 Å². The molecule has 152 valence electrons. The van der Waals surface area contributed by atoms with Crippen molar-refractivity contribution in [3.63, 3.8) is 0 Å². The molecule has 3 aromatic heterocycles. The molecule has 0 aromatic carbocycles. The van der Waals surface area contributed by atoms with Gasteiger partial charge < -0.3 is 19.5 Å². The second kappa shape index (κ2) is 7.63. The molecule has 29 heavy (non-hydrogen) atoms. The Morgan fingerprint density at radius 2 is 2.00 bits per heavy atom. The van der Waals surface area contributed by atoms with Crippen LogP contribution in [0.1, 0.15) is 37.2 Å². The Hall–Kier alpha value is -2.67. The van der Waals surface area contributed by atoms with Crippen LogP contribution in [0.2, 0.25) is 0 Å². The van der Waals surface area contributed by atoms with E-state index >= 15 is 0 Å². The smallest absolute Gasteiger partial charge is 0.320 e. The minimum atomic E-state index is 0.169. The van der Waals surface area contributed by atoms with E-state index in [1.807, 2.05) is 28.4 Å². The molecule has 7 heteroatoms. The number of carbonyl (C=O) groups excluding carboxylic acids is 1. The first-order valence-corrected chi connectivity index (χ1v) is 10.5. The van der Waals surface area contributed by atoms with Crippen LogP contribution in [0, 0.1) is 0 Å². The van der Waals surface area contributed by atoms with Gasteiger partial charge >= 0.3 is 6.03 Å². The summed E-state index contributed by atoms with van der Waals surface area (Å²) in [4.78, 5) is 29.2. The first-order valence-electron chi connectivity index (χ1n) is 10.5. The maximum atomic E-state index is 13.0. The fourth-order valence-electron chi connectivity index (χ4n) is 4.91. The minimum Gasteiger partial charge on any atom is -0.380 e. The highest BCUT2D eigenvalue weighted by molar-refractivity contribution is 6.05. The number of ether oxygens (including phenoxy) is 1. The molecule has 2 amide bonds. The number of rotatable bonds is 2. The number of hydrogen-bond acceptors (Lipinski definition) is 4. The van der Waals surface area contributed by atoms with Crippen molar-refractivity contribution in [2.24, 2.45) is 0 Å². The van der Waals surface area contributed by atoms with Crippen LogP contribution >= 0.6 is 0 Å². The van der Waals surface area contributed by atoms with Crippen molar-refractivity contribution in [1.29, 1.82) is 0 Å². The second-order valence-electron chi connectivity index (χ2n) is 8.15. The Balaban J connectivity index is 1.33. The number of piperidine rings is 2. The number of aromatic amines is 1. The number of aromatic nitrogens is 3. The van der Waals surface area contributed by atoms with Crippen LogP contribution in [0.25, 0.3) is 21.9 Å². The van der Waals surface area contributed by atoms with Gasteiger partial charge in [0, 0.05) is 56.5 Å². The highest BCUT2D eigenvalue weighted by Crippen LogP contribution is 2.35. The van der Waals surface area contributed by atoms with Gasteiger partial charge in [-0.25, -0.2) is 9.78 Å². The summed E-state index contributed by atoms with van der Waals surface area (Å²) in [6.07, 6.45) is 9.84. The Morgan fingerprint density at radius 1 is 1.14 bits per heavy atom. The lowest BCUT2D eigenvalue weighted by Gasteiger charge is -2.39. The molecule has 2 fully saturated rings. The number of methoxy groups -OCH3 is 1. The normalized spacial score (nSPS) is 21.2. The van der Waals surface area contributed by atoms with Crippen LogP contribution in [0.4, 0.5) is 4.79 Å². The van der Waals surface area contributed by atoms with Crippen LogP contribution in [0.3, 0.4) is 0 Å². The molecular formula is C22H27N5O2. The van der Waals surface area contributed by atoms with E-state index in [1.54, 1.807) is 7.11 Å². The maximum Gasteiger partial charge on any atom is 0.320 e. The molecule has 5 rings (SSSR count). The van der Waals surface area contributed by atoms with Gasteiger partial charge in [0.2, 0.25) is 0 Å². The third kappa shape index (κ3) is 3.33. The van der Waals surface area contributed by atoms with Gasteiger partial charge in [-0.15, -0.1) is 0 Å². The molecule has 1 N–H and O–H groups in total. The molecule has 0 aliphatic carbocycles. The number of pyridine rings is 2. The molecule has 5 heterocycles. The zero-order valence-electron chi connectivity index (χ0n) is 16.8. The van der Waals surface area contributed by atoms with Crippen LogP contribution in [-0.2, 0) is 4.74 Å². The van der Waals surface area contributed by atoms with Gasteiger partial charge in [-0.1, -0.05) is 0 Å². The number of likely N-dealkylation sites (tertiary alicyclic amines) is 2. The Morgan fingerprint density at radius 3 is 2.83 bits per heavy atom. The van der Waals surface area contributed by atoms with Crippen LogP contribution in [0.15, 0.2) is 30.7 Å². The van der Waals surface area contributed by atoms with E-state index in [9.17, 15) is 4.79 Å². The van der Waals surface area contributed by atoms with E-state index in [0.717, 1.165) is 61.9 Å². The van der Waals surface area contributed by atoms with Gasteiger partial charge in [0.25, 0.3) is 0 Å². The summed E-state index contributed by atoms with van der Waals surface area (Å²) in [5.41, 5.74) is 3.16. The van der Waals surface area contributed by atoms with Crippen LogP contribution in [-0.4, -0.2) is 70.2 Å². The number of hydrogen-bond donors (Lipinski definition) is 1. The number of urea groups is 1. The van der Waals surface area contributed by atoms with Crippen molar-refractivity contribution < 1.29 is 9.53 Å². The van der Waals surface area contributed by atoms with E-state index in [0.29, 0.717) is 12.5 Å². The van der Waals surface area contributed by atoms with E-state index in [4.69, 9.17) is 4.74 Å². The van der Waals surface area contributed by atoms with Crippen molar-refractivity contribution in [1.82, 2.24) is 24.8 Å². The first kappa shape index (κ1) is 18.4. The summed E-state index contributed by atoms with van der Waals surface area (Å²) in [5, 5.41) is 2.32.